The van der Waals surface area contributed by atoms with Crippen molar-refractivity contribution < 1.29 is 88.4 Å². The maximum absolute atomic E-state index is 5.05. The summed E-state index contributed by atoms with van der Waals surface area (Å²) in [5, 5.41) is 17.5. The molecule has 12 aromatic carbocycles. The van der Waals surface area contributed by atoms with Crippen molar-refractivity contribution >= 4 is 158 Å². The minimum atomic E-state index is -0.409. The number of rotatable bonds is 20. The van der Waals surface area contributed by atoms with Crippen molar-refractivity contribution in [1.82, 2.24) is 0 Å². The summed E-state index contributed by atoms with van der Waals surface area (Å²) >= 11 is 20.2. The number of alkyl halides is 4. The molecule has 0 saturated carbocycles. The summed E-state index contributed by atoms with van der Waals surface area (Å²) in [5.74, 6) is 5.75. The Kier molecular flexibility index (Phi) is 48.8. The number of hydrogen-bond donors (Lipinski definition) is 0. The smallest absolute Gasteiger partial charge is 1.00 e. The summed E-state index contributed by atoms with van der Waals surface area (Å²) in [4.78, 5) is 0. The Hall–Kier alpha value is -3.19. The quantitative estimate of drug-likeness (QED) is 0.0406. The SMILES string of the molecule is ClCCCl.ClCCCl.[Cl-].[Cl-].[Cl-].[Cu+].[Cu+].[Cu+].c1ccc(P(CP(c2ccccc2)c2ccccc2)c2ccccc2)cc1.c1ccc(P(CP(c2ccccc2)c2ccccc2)c2ccccc2)cc1.c1ccc(P(CP(c2ccccc2)c2ccccc2)c2ccccc2)cc1. The number of benzene rings is 12. The molecule has 0 spiro atoms. The van der Waals surface area contributed by atoms with Gasteiger partial charge in [-0.15, -0.1) is 46.4 Å². The van der Waals surface area contributed by atoms with Crippen molar-refractivity contribution in [2.45, 2.75) is 0 Å². The van der Waals surface area contributed by atoms with E-state index >= 15 is 0 Å². The molecule has 0 nitrogen and oxygen atoms in total. The second kappa shape index (κ2) is 52.8. The summed E-state index contributed by atoms with van der Waals surface area (Å²) < 4.78 is 0. The summed E-state index contributed by atoms with van der Waals surface area (Å²) in [6.07, 6.45) is 0. The Morgan fingerprint density at radius 1 is 0.147 bits per heavy atom. The molecule has 0 fully saturated rings. The zero-order chi connectivity index (χ0) is 61.8. The van der Waals surface area contributed by atoms with Crippen LogP contribution in [0.3, 0.4) is 0 Å². The van der Waals surface area contributed by atoms with Gasteiger partial charge >= 0.3 is 51.2 Å². The summed E-state index contributed by atoms with van der Waals surface area (Å²) in [6.45, 7) is 0. The normalized spacial score (nSPS) is 10.0. The second-order valence-corrected chi connectivity index (χ2v) is 36.0. The molecule has 0 aliphatic heterocycles. The zero-order valence-electron chi connectivity index (χ0n) is 51.8. The van der Waals surface area contributed by atoms with Crippen LogP contribution in [0, 0.1) is 0 Å². The van der Waals surface area contributed by atoms with E-state index < -0.39 is 47.5 Å². The Morgan fingerprint density at radius 2 is 0.221 bits per heavy atom. The van der Waals surface area contributed by atoms with Gasteiger partial charge in [0, 0.05) is 41.2 Å². The Morgan fingerprint density at radius 3 is 0.284 bits per heavy atom. The van der Waals surface area contributed by atoms with Gasteiger partial charge in [-0.3, -0.25) is 0 Å². The first-order valence-electron chi connectivity index (χ1n) is 29.6. The summed E-state index contributed by atoms with van der Waals surface area (Å²) in [6, 6.07) is 132. The molecule has 0 bridgehead atoms. The van der Waals surface area contributed by atoms with E-state index in [2.05, 4.69) is 364 Å². The zero-order valence-corrected chi connectivity index (χ0v) is 65.3. The van der Waals surface area contributed by atoms with E-state index in [0.29, 0.717) is 23.5 Å². The van der Waals surface area contributed by atoms with Crippen LogP contribution in [0.25, 0.3) is 0 Å². The maximum Gasteiger partial charge on any atom is 1.00 e. The van der Waals surface area contributed by atoms with E-state index in [1.54, 1.807) is 0 Å². The van der Waals surface area contributed by atoms with Gasteiger partial charge < -0.3 is 37.2 Å². The van der Waals surface area contributed by atoms with Gasteiger partial charge in [0.05, 0.1) is 0 Å². The Balaban J connectivity index is 0.000000445. The van der Waals surface area contributed by atoms with Gasteiger partial charge in [0.25, 0.3) is 0 Å². The van der Waals surface area contributed by atoms with Crippen LogP contribution in [0.2, 0.25) is 0 Å². The van der Waals surface area contributed by atoms with Gasteiger partial charge in [0.1, 0.15) is 0 Å². The van der Waals surface area contributed by atoms with Crippen LogP contribution in [0.15, 0.2) is 364 Å². The molecule has 16 heteroatoms. The first-order chi connectivity index (χ1) is 44.1. The summed E-state index contributed by atoms with van der Waals surface area (Å²) in [7, 11) is -2.45. The molecule has 0 heterocycles. The average Bonchev–Trinajstić information content (AvgIpc) is 0.851. The fraction of sp³-hybridized carbons (Fsp3) is 0.0886. The second-order valence-electron chi connectivity index (χ2n) is 19.8. The molecule has 0 aliphatic rings. The molecule has 12 aromatic rings. The number of halogens is 7. The molecular formula is C79H74Cl7Cu3P6. The van der Waals surface area contributed by atoms with Crippen molar-refractivity contribution in [3.05, 3.63) is 364 Å². The van der Waals surface area contributed by atoms with Crippen LogP contribution in [-0.4, -0.2) is 41.2 Å². The molecule has 0 aromatic heterocycles. The predicted octanol–water partition coefficient (Wildman–Crippen LogP) is 9.56. The molecule has 0 amide bonds. The van der Waals surface area contributed by atoms with Gasteiger partial charge in [-0.25, -0.2) is 0 Å². The average molecular weight is 1650 g/mol. The van der Waals surface area contributed by atoms with Crippen LogP contribution in [0.1, 0.15) is 0 Å². The topological polar surface area (TPSA) is 0 Å². The molecule has 0 aliphatic carbocycles. The monoisotopic (exact) mass is 1640 g/mol. The van der Waals surface area contributed by atoms with Crippen LogP contribution < -0.4 is 101 Å². The molecule has 0 radical (unpaired) electrons. The third kappa shape index (κ3) is 29.9. The molecule has 502 valence electrons. The minimum absolute atomic E-state index is 0. The summed E-state index contributed by atoms with van der Waals surface area (Å²) in [5.41, 5.74) is 0. The van der Waals surface area contributed by atoms with Crippen LogP contribution in [0.4, 0.5) is 0 Å². The van der Waals surface area contributed by atoms with Crippen molar-refractivity contribution in [3.63, 3.8) is 0 Å². The third-order valence-corrected chi connectivity index (χ3v) is 32.8. The van der Waals surface area contributed by atoms with E-state index in [9.17, 15) is 0 Å². The largest absolute Gasteiger partial charge is 1.00 e. The molecular weight excluding hydrogens is 1570 g/mol. The van der Waals surface area contributed by atoms with E-state index in [1.807, 2.05) is 0 Å². The first kappa shape index (κ1) is 87.9. The van der Waals surface area contributed by atoms with E-state index in [0.717, 1.165) is 0 Å². The maximum atomic E-state index is 5.05. The van der Waals surface area contributed by atoms with Gasteiger partial charge in [-0.2, -0.15) is 0 Å². The third-order valence-electron chi connectivity index (χ3n) is 13.8. The van der Waals surface area contributed by atoms with Gasteiger partial charge in [0.15, 0.2) is 0 Å². The fourth-order valence-electron chi connectivity index (χ4n) is 9.59. The number of hydrogen-bond acceptors (Lipinski definition) is 0. The van der Waals surface area contributed by atoms with E-state index in [1.165, 1.54) is 81.4 Å². The van der Waals surface area contributed by atoms with Gasteiger partial charge in [-0.05, 0) is 111 Å². The van der Waals surface area contributed by atoms with Crippen molar-refractivity contribution in [3.8, 4) is 0 Å². The Bertz CT molecular complexity index is 2850. The van der Waals surface area contributed by atoms with E-state index in [4.69, 9.17) is 46.4 Å². The molecule has 95 heavy (non-hydrogen) atoms. The molecule has 0 saturated heterocycles. The minimum Gasteiger partial charge on any atom is -1.00 e. The first-order valence-corrected chi connectivity index (χ1v) is 40.9. The van der Waals surface area contributed by atoms with Crippen molar-refractivity contribution in [2.75, 3.05) is 41.2 Å². The fourth-order valence-corrected chi connectivity index (χ4v) is 29.0. The van der Waals surface area contributed by atoms with Crippen LogP contribution in [-0.2, 0) is 51.2 Å². The standard InChI is InChI=1S/3C25H22P2.2C2H4Cl2.3ClH.3Cu/c3*1-5-13-22(14-6-1)26(23-15-7-2-8-16-23)21-27(24-17-9-3-10-18-24)25-19-11-4-12-20-25;2*3-1-2-4;;;;;;/h3*1-20H,21H2;2*1-2H2;3*1H;;;/q;;;;;;;;3*+1/p-3. The van der Waals surface area contributed by atoms with Crippen molar-refractivity contribution in [1.29, 1.82) is 0 Å². The molecule has 12 rings (SSSR count). The van der Waals surface area contributed by atoms with Crippen molar-refractivity contribution in [2.24, 2.45) is 0 Å². The van der Waals surface area contributed by atoms with Crippen LogP contribution >= 0.6 is 93.9 Å². The van der Waals surface area contributed by atoms with Crippen LogP contribution in [0.5, 0.6) is 0 Å². The molecule has 0 atom stereocenters. The van der Waals surface area contributed by atoms with Gasteiger partial charge in [-0.1, -0.05) is 364 Å². The predicted molar refractivity (Wildman–Crippen MR) is 412 cm³/mol. The van der Waals surface area contributed by atoms with Gasteiger partial charge in [0.2, 0.25) is 0 Å². The Labute approximate surface area is 644 Å². The molecule has 0 unspecified atom stereocenters. The van der Waals surface area contributed by atoms with E-state index in [-0.39, 0.29) is 88.4 Å². The molecule has 0 N–H and O–H groups in total.